The Morgan fingerprint density at radius 2 is 2.11 bits per heavy atom. The number of rotatable bonds is 1. The van der Waals surface area contributed by atoms with Crippen molar-refractivity contribution >= 4 is 5.91 Å². The molecule has 96 valence electrons. The van der Waals surface area contributed by atoms with E-state index in [0.717, 1.165) is 13.0 Å². The maximum Gasteiger partial charge on any atom is 0.240 e. The van der Waals surface area contributed by atoms with E-state index in [1.54, 1.807) is 4.90 Å². The van der Waals surface area contributed by atoms with Gasteiger partial charge in [0.25, 0.3) is 0 Å². The van der Waals surface area contributed by atoms with E-state index in [2.05, 4.69) is 17.4 Å². The Hall–Kier alpha value is -1.39. The number of nitrogens with zero attached hydrogens (tertiary/aromatic N) is 1. The molecule has 4 nitrogen and oxygen atoms in total. The van der Waals surface area contributed by atoms with Crippen LogP contribution in [0.15, 0.2) is 24.3 Å². The summed E-state index contributed by atoms with van der Waals surface area (Å²) in [5.74, 6) is 0.126. The molecule has 2 atom stereocenters. The van der Waals surface area contributed by atoms with E-state index in [-0.39, 0.29) is 18.1 Å². The van der Waals surface area contributed by atoms with Crippen LogP contribution in [-0.2, 0) is 17.8 Å². The van der Waals surface area contributed by atoms with Crippen molar-refractivity contribution in [1.82, 2.24) is 10.2 Å². The Bertz CT molecular complexity index is 461. The molecule has 18 heavy (non-hydrogen) atoms. The van der Waals surface area contributed by atoms with Crippen LogP contribution in [0, 0.1) is 0 Å². The normalized spacial score (nSPS) is 27.1. The molecule has 2 aliphatic heterocycles. The lowest BCUT2D eigenvalue weighted by molar-refractivity contribution is -0.132. The van der Waals surface area contributed by atoms with E-state index in [4.69, 9.17) is 0 Å². The van der Waals surface area contributed by atoms with E-state index in [0.29, 0.717) is 19.5 Å². The second kappa shape index (κ2) is 4.71. The van der Waals surface area contributed by atoms with Gasteiger partial charge in [-0.1, -0.05) is 24.3 Å². The number of β-amino-alcohol motifs (C(OH)–C–C–N with tert-alkyl or cyclic N) is 1. The van der Waals surface area contributed by atoms with Gasteiger partial charge >= 0.3 is 0 Å². The number of carbonyl (C=O) groups excluding carboxylic acids is 1. The fourth-order valence-electron chi connectivity index (χ4n) is 2.79. The van der Waals surface area contributed by atoms with Crippen molar-refractivity contribution in [2.75, 3.05) is 13.1 Å². The van der Waals surface area contributed by atoms with Crippen molar-refractivity contribution in [1.29, 1.82) is 0 Å². The van der Waals surface area contributed by atoms with Gasteiger partial charge in [0.05, 0.1) is 12.1 Å². The highest BCUT2D eigenvalue weighted by molar-refractivity contribution is 5.83. The van der Waals surface area contributed by atoms with Gasteiger partial charge in [-0.05, 0) is 24.0 Å². The van der Waals surface area contributed by atoms with Gasteiger partial charge in [-0.15, -0.1) is 0 Å². The first-order valence-corrected chi connectivity index (χ1v) is 6.51. The number of nitrogens with one attached hydrogen (secondary N) is 1. The first kappa shape index (κ1) is 11.7. The van der Waals surface area contributed by atoms with Crippen molar-refractivity contribution in [2.45, 2.75) is 31.5 Å². The lowest BCUT2D eigenvalue weighted by atomic mass is 9.95. The lowest BCUT2D eigenvalue weighted by Crippen LogP contribution is -2.48. The highest BCUT2D eigenvalue weighted by atomic mass is 16.3. The number of fused-ring (bicyclic) bond motifs is 1. The van der Waals surface area contributed by atoms with Crippen LogP contribution in [0.2, 0.25) is 0 Å². The molecule has 0 spiro atoms. The van der Waals surface area contributed by atoms with Crippen LogP contribution >= 0.6 is 0 Å². The molecule has 1 aromatic carbocycles. The monoisotopic (exact) mass is 246 g/mol. The molecule has 0 aromatic heterocycles. The number of likely N-dealkylation sites (tertiary alicyclic amines) is 1. The molecule has 0 aliphatic carbocycles. The molecule has 0 bridgehead atoms. The maximum absolute atomic E-state index is 12.3. The van der Waals surface area contributed by atoms with Crippen LogP contribution in [0.5, 0.6) is 0 Å². The van der Waals surface area contributed by atoms with Gasteiger partial charge in [0, 0.05) is 19.6 Å². The minimum absolute atomic E-state index is 0.126. The Morgan fingerprint density at radius 1 is 1.33 bits per heavy atom. The largest absolute Gasteiger partial charge is 0.391 e. The topological polar surface area (TPSA) is 52.6 Å². The molecule has 2 heterocycles. The smallest absolute Gasteiger partial charge is 0.240 e. The lowest BCUT2D eigenvalue weighted by Gasteiger charge is -2.28. The first-order valence-electron chi connectivity index (χ1n) is 6.51. The van der Waals surface area contributed by atoms with E-state index in [1.807, 2.05) is 12.1 Å². The van der Waals surface area contributed by atoms with Gasteiger partial charge in [0.1, 0.15) is 0 Å². The van der Waals surface area contributed by atoms with Crippen molar-refractivity contribution in [3.8, 4) is 0 Å². The van der Waals surface area contributed by atoms with Crippen LogP contribution in [-0.4, -0.2) is 41.1 Å². The van der Waals surface area contributed by atoms with Crippen LogP contribution in [0.25, 0.3) is 0 Å². The summed E-state index contributed by atoms with van der Waals surface area (Å²) >= 11 is 0. The highest BCUT2D eigenvalue weighted by Gasteiger charge is 2.31. The summed E-state index contributed by atoms with van der Waals surface area (Å²) in [5.41, 5.74) is 2.54. The fraction of sp³-hybridized carbons (Fsp3) is 0.500. The molecule has 0 radical (unpaired) electrons. The zero-order valence-corrected chi connectivity index (χ0v) is 10.3. The molecule has 1 amide bonds. The zero-order valence-electron chi connectivity index (χ0n) is 10.3. The fourth-order valence-corrected chi connectivity index (χ4v) is 2.79. The summed E-state index contributed by atoms with van der Waals surface area (Å²) in [7, 11) is 0. The standard InChI is InChI=1S/C14H18N2O2/c17-12-5-6-16(9-12)14(18)13-7-10-3-1-2-4-11(10)8-15-13/h1-4,12-13,15,17H,5-9H2/t12-,13+/m0/s1. The molecule has 0 saturated carbocycles. The summed E-state index contributed by atoms with van der Waals surface area (Å²) in [5, 5.41) is 12.8. The van der Waals surface area contributed by atoms with Gasteiger partial charge in [-0.3, -0.25) is 4.79 Å². The van der Waals surface area contributed by atoms with Gasteiger partial charge in [-0.25, -0.2) is 0 Å². The van der Waals surface area contributed by atoms with Gasteiger partial charge in [0.2, 0.25) is 5.91 Å². The number of carbonyl (C=O) groups is 1. The quantitative estimate of drug-likeness (QED) is 0.749. The van der Waals surface area contributed by atoms with Crippen molar-refractivity contribution in [3.05, 3.63) is 35.4 Å². The van der Waals surface area contributed by atoms with Crippen LogP contribution in [0.3, 0.4) is 0 Å². The number of hydrogen-bond donors (Lipinski definition) is 2. The highest BCUT2D eigenvalue weighted by Crippen LogP contribution is 2.19. The number of aliphatic hydroxyl groups excluding tert-OH is 1. The van der Waals surface area contributed by atoms with Crippen molar-refractivity contribution < 1.29 is 9.90 Å². The molecule has 3 rings (SSSR count). The molecule has 2 aliphatic rings. The molecule has 1 aromatic rings. The number of benzene rings is 1. The Morgan fingerprint density at radius 3 is 2.83 bits per heavy atom. The summed E-state index contributed by atoms with van der Waals surface area (Å²) in [6, 6.07) is 8.10. The minimum Gasteiger partial charge on any atom is -0.391 e. The molecular weight excluding hydrogens is 228 g/mol. The van der Waals surface area contributed by atoms with E-state index < -0.39 is 0 Å². The van der Waals surface area contributed by atoms with Crippen LogP contribution in [0.1, 0.15) is 17.5 Å². The third-order valence-corrected chi connectivity index (χ3v) is 3.85. The van der Waals surface area contributed by atoms with Gasteiger partial charge in [0.15, 0.2) is 0 Å². The Balaban J connectivity index is 1.70. The summed E-state index contributed by atoms with van der Waals surface area (Å²) < 4.78 is 0. The van der Waals surface area contributed by atoms with Crippen LogP contribution in [0.4, 0.5) is 0 Å². The minimum atomic E-state index is -0.343. The Labute approximate surface area is 107 Å². The van der Waals surface area contributed by atoms with E-state index >= 15 is 0 Å². The summed E-state index contributed by atoms with van der Waals surface area (Å²) in [4.78, 5) is 14.1. The van der Waals surface area contributed by atoms with Crippen molar-refractivity contribution in [2.24, 2.45) is 0 Å². The molecule has 1 fully saturated rings. The van der Waals surface area contributed by atoms with E-state index in [9.17, 15) is 9.90 Å². The molecule has 0 unspecified atom stereocenters. The molecule has 2 N–H and O–H groups in total. The number of amides is 1. The first-order chi connectivity index (χ1) is 8.74. The summed E-state index contributed by atoms with van der Waals surface area (Å²) in [6.07, 6.45) is 1.11. The molecular formula is C14H18N2O2. The zero-order chi connectivity index (χ0) is 12.5. The Kier molecular flexibility index (Phi) is 3.06. The number of aliphatic hydroxyl groups is 1. The predicted octanol–water partition coefficient (Wildman–Crippen LogP) is 0.294. The second-order valence-corrected chi connectivity index (χ2v) is 5.13. The predicted molar refractivity (Wildman–Crippen MR) is 68.0 cm³/mol. The number of hydrogen-bond acceptors (Lipinski definition) is 3. The molecule has 1 saturated heterocycles. The third kappa shape index (κ3) is 2.13. The summed E-state index contributed by atoms with van der Waals surface area (Å²) in [6.45, 7) is 1.92. The van der Waals surface area contributed by atoms with Gasteiger partial charge in [-0.2, -0.15) is 0 Å². The molecule has 4 heteroatoms. The second-order valence-electron chi connectivity index (χ2n) is 5.13. The van der Waals surface area contributed by atoms with Gasteiger partial charge < -0.3 is 15.3 Å². The average molecular weight is 246 g/mol. The average Bonchev–Trinajstić information content (AvgIpc) is 2.84. The SMILES string of the molecule is O=C([C@H]1Cc2ccccc2CN1)N1CC[C@H](O)C1. The third-order valence-electron chi connectivity index (χ3n) is 3.85. The van der Waals surface area contributed by atoms with Crippen molar-refractivity contribution in [3.63, 3.8) is 0 Å². The maximum atomic E-state index is 12.3. The van der Waals surface area contributed by atoms with Crippen LogP contribution < -0.4 is 5.32 Å². The van der Waals surface area contributed by atoms with E-state index in [1.165, 1.54) is 11.1 Å².